The zero-order valence-electron chi connectivity index (χ0n) is 13.7. The molecule has 3 N–H and O–H groups in total. The summed E-state index contributed by atoms with van der Waals surface area (Å²) in [5.41, 5.74) is 7.08. The van der Waals surface area contributed by atoms with E-state index in [1.54, 1.807) is 31.6 Å². The van der Waals surface area contributed by atoms with Crippen LogP contribution in [0.1, 0.15) is 24.3 Å². The first kappa shape index (κ1) is 15.8. The molecule has 3 aromatic heterocycles. The number of carbonyl (C=O) groups is 1. The van der Waals surface area contributed by atoms with Crippen LogP contribution in [0.3, 0.4) is 0 Å². The molecule has 24 heavy (non-hydrogen) atoms. The lowest BCUT2D eigenvalue weighted by atomic mass is 10.0. The number of aromatic amines is 1. The monoisotopic (exact) mass is 326 g/mol. The van der Waals surface area contributed by atoms with E-state index in [9.17, 15) is 9.59 Å². The van der Waals surface area contributed by atoms with Crippen LogP contribution in [0, 0.1) is 0 Å². The van der Waals surface area contributed by atoms with Crippen molar-refractivity contribution in [3.05, 3.63) is 46.6 Å². The van der Waals surface area contributed by atoms with E-state index in [0.29, 0.717) is 16.8 Å². The lowest BCUT2D eigenvalue weighted by molar-refractivity contribution is 0.0996. The molecule has 3 rings (SSSR count). The van der Waals surface area contributed by atoms with Crippen LogP contribution < -0.4 is 16.0 Å². The summed E-state index contributed by atoms with van der Waals surface area (Å²) >= 11 is 0. The van der Waals surface area contributed by atoms with Gasteiger partial charge in [-0.25, -0.2) is 4.98 Å². The van der Waals surface area contributed by atoms with E-state index in [4.69, 9.17) is 10.5 Å². The van der Waals surface area contributed by atoms with Crippen molar-refractivity contribution in [2.45, 2.75) is 20.0 Å². The molecule has 0 aliphatic rings. The summed E-state index contributed by atoms with van der Waals surface area (Å²) in [5.74, 6) is -0.154. The van der Waals surface area contributed by atoms with Crippen LogP contribution in [-0.4, -0.2) is 26.5 Å². The Morgan fingerprint density at radius 2 is 2.12 bits per heavy atom. The van der Waals surface area contributed by atoms with Gasteiger partial charge in [-0.3, -0.25) is 9.59 Å². The third kappa shape index (κ3) is 2.64. The second-order valence-corrected chi connectivity index (χ2v) is 5.82. The van der Waals surface area contributed by atoms with Gasteiger partial charge in [0, 0.05) is 36.0 Å². The molecular formula is C17H18N4O3. The fraction of sp³-hybridized carbons (Fsp3) is 0.235. The van der Waals surface area contributed by atoms with Gasteiger partial charge in [0.15, 0.2) is 0 Å². The van der Waals surface area contributed by atoms with Gasteiger partial charge < -0.3 is 20.0 Å². The normalized spacial score (nSPS) is 11.2. The number of pyridine rings is 2. The van der Waals surface area contributed by atoms with Crippen LogP contribution in [0.5, 0.6) is 5.88 Å². The number of H-pyrrole nitrogens is 1. The number of nitrogens with two attached hydrogens (primary N) is 1. The number of ether oxygens (including phenoxy) is 1. The van der Waals surface area contributed by atoms with Crippen molar-refractivity contribution in [1.29, 1.82) is 0 Å². The van der Waals surface area contributed by atoms with Gasteiger partial charge in [-0.15, -0.1) is 0 Å². The summed E-state index contributed by atoms with van der Waals surface area (Å²) in [5, 5.41) is 0.605. The van der Waals surface area contributed by atoms with Gasteiger partial charge >= 0.3 is 0 Å². The minimum Gasteiger partial charge on any atom is -0.475 e. The maximum Gasteiger partial charge on any atom is 0.274 e. The number of rotatable bonds is 4. The summed E-state index contributed by atoms with van der Waals surface area (Å²) in [6.07, 6.45) is 3.30. The topological polar surface area (TPSA) is 103 Å². The number of aromatic nitrogens is 3. The molecule has 0 saturated heterocycles. The van der Waals surface area contributed by atoms with E-state index in [-0.39, 0.29) is 17.4 Å². The Morgan fingerprint density at radius 1 is 1.38 bits per heavy atom. The van der Waals surface area contributed by atoms with Crippen molar-refractivity contribution in [3.8, 4) is 17.0 Å². The minimum atomic E-state index is -0.621. The Labute approximate surface area is 138 Å². The summed E-state index contributed by atoms with van der Waals surface area (Å²) < 4.78 is 7.22. The SMILES string of the molecule is CC(C)Oc1ncccc1-c1cn(C)c(=O)c2[nH]c(C(N)=O)cc12. The number of carbonyl (C=O) groups excluding carboxylic acids is 1. The zero-order valence-corrected chi connectivity index (χ0v) is 13.7. The number of hydrogen-bond acceptors (Lipinski definition) is 4. The van der Waals surface area contributed by atoms with Crippen molar-refractivity contribution in [2.24, 2.45) is 12.8 Å². The molecule has 0 unspecified atom stereocenters. The first-order chi connectivity index (χ1) is 11.4. The zero-order chi connectivity index (χ0) is 17.4. The number of primary amides is 1. The maximum atomic E-state index is 12.3. The molecule has 3 heterocycles. The van der Waals surface area contributed by atoms with Crippen LogP contribution in [0.15, 0.2) is 35.4 Å². The van der Waals surface area contributed by atoms with E-state index < -0.39 is 5.91 Å². The molecule has 0 fully saturated rings. The van der Waals surface area contributed by atoms with Crippen molar-refractivity contribution in [3.63, 3.8) is 0 Å². The lowest BCUT2D eigenvalue weighted by Crippen LogP contribution is -2.17. The molecule has 1 amide bonds. The molecule has 0 aromatic carbocycles. The molecule has 0 saturated carbocycles. The molecule has 3 aromatic rings. The smallest absolute Gasteiger partial charge is 0.274 e. The predicted octanol–water partition coefficient (Wildman–Crippen LogP) is 1.81. The highest BCUT2D eigenvalue weighted by atomic mass is 16.5. The standard InChI is InChI=1S/C17H18N4O3/c1-9(2)24-16-10(5-4-6-19-16)12-8-21(3)17(23)14-11(12)7-13(20-14)15(18)22/h4-9,20H,1-3H3,(H2,18,22). The third-order valence-electron chi connectivity index (χ3n) is 3.64. The molecule has 0 aliphatic carbocycles. The number of nitrogens with zero attached hydrogens (tertiary/aromatic N) is 2. The quantitative estimate of drug-likeness (QED) is 0.763. The van der Waals surface area contributed by atoms with Gasteiger partial charge in [-0.05, 0) is 32.0 Å². The van der Waals surface area contributed by atoms with Gasteiger partial charge in [0.1, 0.15) is 11.2 Å². The molecule has 7 heteroatoms. The molecule has 0 radical (unpaired) electrons. The summed E-state index contributed by atoms with van der Waals surface area (Å²) in [4.78, 5) is 30.9. The first-order valence-corrected chi connectivity index (χ1v) is 7.52. The second-order valence-electron chi connectivity index (χ2n) is 5.82. The third-order valence-corrected chi connectivity index (χ3v) is 3.64. The van der Waals surface area contributed by atoms with Crippen LogP contribution >= 0.6 is 0 Å². The van der Waals surface area contributed by atoms with Gasteiger partial charge in [-0.2, -0.15) is 0 Å². The van der Waals surface area contributed by atoms with Crippen LogP contribution in [0.2, 0.25) is 0 Å². The van der Waals surface area contributed by atoms with Gasteiger partial charge in [-0.1, -0.05) is 0 Å². The highest BCUT2D eigenvalue weighted by Crippen LogP contribution is 2.33. The molecule has 0 spiro atoms. The average molecular weight is 326 g/mol. The lowest BCUT2D eigenvalue weighted by Gasteiger charge is -2.14. The molecule has 0 bridgehead atoms. The Kier molecular flexibility index (Phi) is 3.84. The van der Waals surface area contributed by atoms with Crippen molar-refractivity contribution in [2.75, 3.05) is 0 Å². The maximum absolute atomic E-state index is 12.3. The predicted molar refractivity (Wildman–Crippen MR) is 91.1 cm³/mol. The molecule has 0 aliphatic heterocycles. The fourth-order valence-electron chi connectivity index (χ4n) is 2.59. The van der Waals surface area contributed by atoms with Crippen LogP contribution in [0.4, 0.5) is 0 Å². The number of amides is 1. The summed E-state index contributed by atoms with van der Waals surface area (Å²) in [7, 11) is 1.65. The van der Waals surface area contributed by atoms with Crippen LogP contribution in [-0.2, 0) is 7.05 Å². The van der Waals surface area contributed by atoms with E-state index in [2.05, 4.69) is 9.97 Å². The molecule has 0 atom stereocenters. The Bertz CT molecular complexity index is 985. The first-order valence-electron chi connectivity index (χ1n) is 7.52. The summed E-state index contributed by atoms with van der Waals surface area (Å²) in [6.45, 7) is 3.83. The minimum absolute atomic E-state index is 0.0472. The molecule has 124 valence electrons. The number of nitrogens with one attached hydrogen (secondary N) is 1. The number of hydrogen-bond donors (Lipinski definition) is 2. The second kappa shape index (κ2) is 5.84. The summed E-state index contributed by atoms with van der Waals surface area (Å²) in [6, 6.07) is 5.24. The van der Waals surface area contributed by atoms with Crippen molar-refractivity contribution < 1.29 is 9.53 Å². The van der Waals surface area contributed by atoms with E-state index in [0.717, 1.165) is 11.1 Å². The molecular weight excluding hydrogens is 308 g/mol. The van der Waals surface area contributed by atoms with Crippen molar-refractivity contribution in [1.82, 2.24) is 14.5 Å². The average Bonchev–Trinajstić information content (AvgIpc) is 2.97. The van der Waals surface area contributed by atoms with Gasteiger partial charge in [0.25, 0.3) is 11.5 Å². The highest BCUT2D eigenvalue weighted by molar-refractivity contribution is 6.02. The Hall–Kier alpha value is -3.09. The van der Waals surface area contributed by atoms with E-state index in [1.807, 2.05) is 19.9 Å². The Balaban J connectivity index is 2.33. The molecule has 7 nitrogen and oxygen atoms in total. The Morgan fingerprint density at radius 3 is 2.79 bits per heavy atom. The fourth-order valence-corrected chi connectivity index (χ4v) is 2.59. The van der Waals surface area contributed by atoms with Gasteiger partial charge in [0.2, 0.25) is 5.88 Å². The van der Waals surface area contributed by atoms with Crippen LogP contribution in [0.25, 0.3) is 22.0 Å². The number of aryl methyl sites for hydroxylation is 1. The number of fused-ring (bicyclic) bond motifs is 1. The van der Waals surface area contributed by atoms with Gasteiger partial charge in [0.05, 0.1) is 6.10 Å². The van der Waals surface area contributed by atoms with E-state index in [1.165, 1.54) is 4.57 Å². The van der Waals surface area contributed by atoms with Crippen molar-refractivity contribution >= 4 is 16.8 Å². The largest absolute Gasteiger partial charge is 0.475 e. The van der Waals surface area contributed by atoms with E-state index >= 15 is 0 Å². The highest BCUT2D eigenvalue weighted by Gasteiger charge is 2.18.